The van der Waals surface area contributed by atoms with E-state index in [1.807, 2.05) is 0 Å². The van der Waals surface area contributed by atoms with Gasteiger partial charge in [0.2, 0.25) is 0 Å². The molecule has 1 saturated carbocycles. The second-order valence-corrected chi connectivity index (χ2v) is 5.90. The van der Waals surface area contributed by atoms with Crippen LogP contribution in [0.25, 0.3) is 0 Å². The van der Waals surface area contributed by atoms with Gasteiger partial charge in [0.05, 0.1) is 6.61 Å². The minimum Gasteiger partial charge on any atom is -0.383 e. The molecule has 1 aliphatic rings. The summed E-state index contributed by atoms with van der Waals surface area (Å²) in [5.74, 6) is 1.43. The van der Waals surface area contributed by atoms with Crippen LogP contribution in [0.5, 0.6) is 0 Å². The fourth-order valence-electron chi connectivity index (χ4n) is 2.33. The van der Waals surface area contributed by atoms with Crippen molar-refractivity contribution < 1.29 is 4.74 Å². The van der Waals surface area contributed by atoms with E-state index in [0.717, 1.165) is 32.2 Å². The molecular formula is C13H28N2O. The lowest BCUT2D eigenvalue weighted by molar-refractivity contribution is 0.120. The van der Waals surface area contributed by atoms with E-state index in [1.54, 1.807) is 7.11 Å². The summed E-state index contributed by atoms with van der Waals surface area (Å²) >= 11 is 0. The molecule has 3 heteroatoms. The third-order valence-corrected chi connectivity index (χ3v) is 3.31. The van der Waals surface area contributed by atoms with E-state index in [9.17, 15) is 0 Å². The maximum Gasteiger partial charge on any atom is 0.0589 e. The highest BCUT2D eigenvalue weighted by atomic mass is 16.5. The quantitative estimate of drug-likeness (QED) is 0.687. The molecule has 1 atom stereocenters. The Morgan fingerprint density at radius 3 is 2.50 bits per heavy atom. The first-order valence-electron chi connectivity index (χ1n) is 6.46. The van der Waals surface area contributed by atoms with Crippen molar-refractivity contribution in [3.8, 4) is 0 Å². The lowest BCUT2D eigenvalue weighted by Crippen LogP contribution is -2.51. The zero-order valence-electron chi connectivity index (χ0n) is 11.3. The van der Waals surface area contributed by atoms with Gasteiger partial charge in [-0.3, -0.25) is 4.90 Å². The molecule has 0 bridgehead atoms. The number of ether oxygens (including phenoxy) is 1. The Morgan fingerprint density at radius 2 is 2.06 bits per heavy atom. The van der Waals surface area contributed by atoms with E-state index >= 15 is 0 Å². The molecule has 2 N–H and O–H groups in total. The van der Waals surface area contributed by atoms with Gasteiger partial charge in [-0.15, -0.1) is 0 Å². The highest BCUT2D eigenvalue weighted by Gasteiger charge is 2.39. The van der Waals surface area contributed by atoms with Crippen LogP contribution in [0, 0.1) is 11.8 Å². The van der Waals surface area contributed by atoms with Gasteiger partial charge in [-0.1, -0.05) is 13.8 Å². The van der Waals surface area contributed by atoms with Crippen molar-refractivity contribution in [1.82, 2.24) is 4.90 Å². The van der Waals surface area contributed by atoms with Gasteiger partial charge in [0, 0.05) is 32.3 Å². The van der Waals surface area contributed by atoms with Crippen LogP contribution in [0.4, 0.5) is 0 Å². The Kier molecular flexibility index (Phi) is 5.22. The van der Waals surface area contributed by atoms with E-state index in [4.69, 9.17) is 10.5 Å². The number of rotatable bonds is 8. The first-order valence-corrected chi connectivity index (χ1v) is 6.46. The van der Waals surface area contributed by atoms with Gasteiger partial charge >= 0.3 is 0 Å². The van der Waals surface area contributed by atoms with Crippen molar-refractivity contribution in [2.45, 2.75) is 39.2 Å². The maximum atomic E-state index is 6.39. The molecule has 1 aliphatic carbocycles. The molecule has 0 aromatic rings. The fraction of sp³-hybridized carbons (Fsp3) is 1.00. The summed E-state index contributed by atoms with van der Waals surface area (Å²) in [4.78, 5) is 2.45. The van der Waals surface area contributed by atoms with Gasteiger partial charge in [-0.05, 0) is 31.6 Å². The van der Waals surface area contributed by atoms with Crippen molar-refractivity contribution in [3.63, 3.8) is 0 Å². The smallest absolute Gasteiger partial charge is 0.0589 e. The molecule has 0 saturated heterocycles. The third kappa shape index (κ3) is 4.81. The molecule has 0 amide bonds. The number of methoxy groups -OCH3 is 1. The average molecular weight is 228 g/mol. The predicted molar refractivity (Wildman–Crippen MR) is 68.5 cm³/mol. The summed E-state index contributed by atoms with van der Waals surface area (Å²) in [6.45, 7) is 10.6. The first kappa shape index (κ1) is 13.9. The van der Waals surface area contributed by atoms with Crippen LogP contribution in [0.3, 0.4) is 0 Å². The Balaban J connectivity index is 2.40. The number of hydrogen-bond donors (Lipinski definition) is 1. The molecule has 96 valence electrons. The van der Waals surface area contributed by atoms with E-state index in [2.05, 4.69) is 25.7 Å². The van der Waals surface area contributed by atoms with E-state index in [0.29, 0.717) is 5.92 Å². The van der Waals surface area contributed by atoms with E-state index < -0.39 is 0 Å². The molecule has 0 radical (unpaired) electrons. The maximum absolute atomic E-state index is 6.39. The molecule has 1 fully saturated rings. The average Bonchev–Trinajstić information content (AvgIpc) is 2.95. The summed E-state index contributed by atoms with van der Waals surface area (Å²) in [5.41, 5.74) is 6.38. The Labute approximate surface area is 100 Å². The molecule has 0 aromatic heterocycles. The second kappa shape index (κ2) is 5.99. The highest BCUT2D eigenvalue weighted by molar-refractivity contribution is 4.97. The summed E-state index contributed by atoms with van der Waals surface area (Å²) < 4.78 is 5.16. The zero-order chi connectivity index (χ0) is 12.2. The van der Waals surface area contributed by atoms with Gasteiger partial charge in [-0.2, -0.15) is 0 Å². The number of nitrogens with two attached hydrogens (primary N) is 1. The van der Waals surface area contributed by atoms with Gasteiger partial charge in [0.25, 0.3) is 0 Å². The summed E-state index contributed by atoms with van der Waals surface area (Å²) in [5, 5.41) is 0. The molecule has 0 aliphatic heterocycles. The molecular weight excluding hydrogens is 200 g/mol. The van der Waals surface area contributed by atoms with Gasteiger partial charge in [-0.25, -0.2) is 0 Å². The number of hydrogen-bond acceptors (Lipinski definition) is 3. The summed E-state index contributed by atoms with van der Waals surface area (Å²) in [6.07, 6.45) is 2.62. The third-order valence-electron chi connectivity index (χ3n) is 3.31. The fourth-order valence-corrected chi connectivity index (χ4v) is 2.33. The van der Waals surface area contributed by atoms with E-state index in [-0.39, 0.29) is 5.54 Å². The predicted octanol–water partition coefficient (Wildman–Crippen LogP) is 1.72. The van der Waals surface area contributed by atoms with Crippen LogP contribution in [0.1, 0.15) is 33.6 Å². The molecule has 1 unspecified atom stereocenters. The second-order valence-electron chi connectivity index (χ2n) is 5.90. The minimum absolute atomic E-state index is 0.0113. The van der Waals surface area contributed by atoms with Crippen molar-refractivity contribution in [2.24, 2.45) is 17.6 Å². The van der Waals surface area contributed by atoms with Crippen molar-refractivity contribution in [1.29, 1.82) is 0 Å². The van der Waals surface area contributed by atoms with Crippen molar-refractivity contribution in [3.05, 3.63) is 0 Å². The summed E-state index contributed by atoms with van der Waals surface area (Å²) in [6, 6.07) is 0. The molecule has 3 nitrogen and oxygen atoms in total. The van der Waals surface area contributed by atoms with E-state index in [1.165, 1.54) is 12.8 Å². The van der Waals surface area contributed by atoms with Crippen LogP contribution < -0.4 is 5.73 Å². The lowest BCUT2D eigenvalue weighted by Gasteiger charge is -2.33. The monoisotopic (exact) mass is 228 g/mol. The Hall–Kier alpha value is -0.120. The topological polar surface area (TPSA) is 38.5 Å². The van der Waals surface area contributed by atoms with Crippen LogP contribution in [-0.2, 0) is 4.74 Å². The van der Waals surface area contributed by atoms with Crippen LogP contribution >= 0.6 is 0 Å². The standard InChI is InChI=1S/C13H28N2O/c1-11(2)9-15(7-8-16-4)10-13(3,14)12-5-6-12/h11-12H,5-10,14H2,1-4H3. The molecule has 16 heavy (non-hydrogen) atoms. The first-order chi connectivity index (χ1) is 7.45. The highest BCUT2D eigenvalue weighted by Crippen LogP contribution is 2.38. The summed E-state index contributed by atoms with van der Waals surface area (Å²) in [7, 11) is 1.76. The largest absolute Gasteiger partial charge is 0.383 e. The molecule has 0 aromatic carbocycles. The molecule has 0 heterocycles. The van der Waals surface area contributed by atoms with Gasteiger partial charge in [0.15, 0.2) is 0 Å². The SMILES string of the molecule is COCCN(CC(C)C)CC(C)(N)C1CC1. The van der Waals surface area contributed by atoms with Gasteiger partial charge < -0.3 is 10.5 Å². The van der Waals surface area contributed by atoms with Crippen LogP contribution in [-0.4, -0.2) is 43.8 Å². The van der Waals surface area contributed by atoms with Gasteiger partial charge in [0.1, 0.15) is 0 Å². The zero-order valence-corrected chi connectivity index (χ0v) is 11.3. The van der Waals surface area contributed by atoms with Crippen LogP contribution in [0.15, 0.2) is 0 Å². The Morgan fingerprint density at radius 1 is 1.44 bits per heavy atom. The normalized spacial score (nSPS) is 20.4. The molecule has 0 spiro atoms. The lowest BCUT2D eigenvalue weighted by atomic mass is 9.96. The molecule has 1 rings (SSSR count). The van der Waals surface area contributed by atoms with Crippen molar-refractivity contribution in [2.75, 3.05) is 33.4 Å². The minimum atomic E-state index is -0.0113. The van der Waals surface area contributed by atoms with Crippen molar-refractivity contribution >= 4 is 0 Å². The Bertz CT molecular complexity index is 200. The number of nitrogens with zero attached hydrogens (tertiary/aromatic N) is 1. The van der Waals surface area contributed by atoms with Crippen LogP contribution in [0.2, 0.25) is 0 Å².